The smallest absolute Gasteiger partial charge is 0.307 e. The number of carbonyl (C=O) groups is 3. The minimum Gasteiger partial charge on any atom is -0.481 e. The summed E-state index contributed by atoms with van der Waals surface area (Å²) in [4.78, 5) is 41.2. The molecule has 1 aliphatic rings. The summed E-state index contributed by atoms with van der Waals surface area (Å²) in [7, 11) is 0. The second-order valence-electron chi connectivity index (χ2n) is 7.68. The van der Waals surface area contributed by atoms with Crippen LogP contribution in [0.2, 0.25) is 0 Å². The van der Waals surface area contributed by atoms with Crippen molar-refractivity contribution in [1.29, 1.82) is 0 Å². The zero-order chi connectivity index (χ0) is 23.3. The predicted octanol–water partition coefficient (Wildman–Crippen LogP) is 2.48. The quantitative estimate of drug-likeness (QED) is 0.586. The highest BCUT2D eigenvalue weighted by molar-refractivity contribution is 6.06. The Labute approximate surface area is 186 Å². The number of primary amides is 1. The summed E-state index contributed by atoms with van der Waals surface area (Å²) in [5.74, 6) is -1.43. The van der Waals surface area contributed by atoms with Crippen LogP contribution in [0.4, 0.5) is 5.69 Å². The van der Waals surface area contributed by atoms with E-state index in [1.54, 1.807) is 18.2 Å². The standard InChI is InChI=1S/C24H26N4O4/c1-2-9-28(14-22(26)29)24(32)19-11-18-8-7-17(12-20(18)27-21(25)13-19)16-5-3-15(4-6-16)10-23(30)31/h3-8,11-12H,2,9-10,13-14H2,1H3,(H2,25,27)(H2,26,29)(H,30,31). The van der Waals surface area contributed by atoms with E-state index in [1.807, 2.05) is 37.3 Å². The molecule has 2 amide bonds. The molecule has 0 saturated heterocycles. The van der Waals surface area contributed by atoms with Gasteiger partial charge in [-0.25, -0.2) is 4.99 Å². The van der Waals surface area contributed by atoms with Crippen LogP contribution in [0.5, 0.6) is 0 Å². The number of carbonyl (C=O) groups excluding carboxylic acids is 2. The van der Waals surface area contributed by atoms with Gasteiger partial charge in [-0.3, -0.25) is 14.4 Å². The molecule has 2 aromatic carbocycles. The molecule has 0 atom stereocenters. The van der Waals surface area contributed by atoms with Crippen LogP contribution in [0.3, 0.4) is 0 Å². The van der Waals surface area contributed by atoms with Crippen molar-refractivity contribution >= 4 is 35.4 Å². The minimum atomic E-state index is -0.877. The average molecular weight is 434 g/mol. The zero-order valence-electron chi connectivity index (χ0n) is 17.9. The van der Waals surface area contributed by atoms with Crippen LogP contribution in [-0.2, 0) is 20.8 Å². The van der Waals surface area contributed by atoms with Crippen molar-refractivity contribution in [2.24, 2.45) is 16.5 Å². The third kappa shape index (κ3) is 5.60. The summed E-state index contributed by atoms with van der Waals surface area (Å²) in [5, 5.41) is 8.92. The molecule has 32 heavy (non-hydrogen) atoms. The first-order valence-electron chi connectivity index (χ1n) is 10.3. The second-order valence-corrected chi connectivity index (χ2v) is 7.68. The first-order chi connectivity index (χ1) is 15.3. The molecule has 1 heterocycles. The fraction of sp³-hybridized carbons (Fsp3) is 0.250. The fourth-order valence-corrected chi connectivity index (χ4v) is 3.61. The van der Waals surface area contributed by atoms with Gasteiger partial charge in [-0.1, -0.05) is 43.3 Å². The molecule has 0 bridgehead atoms. The highest BCUT2D eigenvalue weighted by atomic mass is 16.4. The van der Waals surface area contributed by atoms with Crippen LogP contribution in [0.25, 0.3) is 17.2 Å². The van der Waals surface area contributed by atoms with Gasteiger partial charge >= 0.3 is 5.97 Å². The monoisotopic (exact) mass is 434 g/mol. The molecular formula is C24H26N4O4. The molecule has 2 aromatic rings. The summed E-state index contributed by atoms with van der Waals surface area (Å²) < 4.78 is 0. The van der Waals surface area contributed by atoms with E-state index in [0.29, 0.717) is 30.1 Å². The molecule has 166 valence electrons. The topological polar surface area (TPSA) is 139 Å². The summed E-state index contributed by atoms with van der Waals surface area (Å²) in [6, 6.07) is 12.9. The van der Waals surface area contributed by atoms with Gasteiger partial charge in [0.15, 0.2) is 0 Å². The highest BCUT2D eigenvalue weighted by Crippen LogP contribution is 2.32. The maximum atomic E-state index is 13.0. The Kier molecular flexibility index (Phi) is 7.04. The Hall–Kier alpha value is -3.94. The van der Waals surface area contributed by atoms with Crippen molar-refractivity contribution in [3.8, 4) is 11.1 Å². The van der Waals surface area contributed by atoms with Crippen molar-refractivity contribution < 1.29 is 19.5 Å². The van der Waals surface area contributed by atoms with Gasteiger partial charge in [0, 0.05) is 24.1 Å². The molecule has 0 saturated carbocycles. The van der Waals surface area contributed by atoms with Gasteiger partial charge in [-0.2, -0.15) is 0 Å². The summed E-state index contributed by atoms with van der Waals surface area (Å²) in [6.45, 7) is 2.19. The lowest BCUT2D eigenvalue weighted by Crippen LogP contribution is -2.40. The normalized spacial score (nSPS) is 12.8. The minimum absolute atomic E-state index is 0.0301. The molecule has 0 spiro atoms. The predicted molar refractivity (Wildman–Crippen MR) is 123 cm³/mol. The molecule has 0 fully saturated rings. The Morgan fingerprint density at radius 1 is 1.09 bits per heavy atom. The molecule has 1 aliphatic heterocycles. The molecule has 8 heteroatoms. The lowest BCUT2D eigenvalue weighted by molar-refractivity contribution is -0.136. The second kappa shape index (κ2) is 9.91. The number of hydrogen-bond donors (Lipinski definition) is 3. The van der Waals surface area contributed by atoms with Gasteiger partial charge < -0.3 is 21.5 Å². The summed E-state index contributed by atoms with van der Waals surface area (Å²) in [5.41, 5.74) is 15.8. The van der Waals surface area contributed by atoms with Gasteiger partial charge in [0.25, 0.3) is 5.91 Å². The molecule has 0 aliphatic carbocycles. The van der Waals surface area contributed by atoms with E-state index in [-0.39, 0.29) is 25.3 Å². The highest BCUT2D eigenvalue weighted by Gasteiger charge is 2.22. The van der Waals surface area contributed by atoms with Crippen molar-refractivity contribution in [1.82, 2.24) is 4.90 Å². The Bertz CT molecular complexity index is 1100. The first-order valence-corrected chi connectivity index (χ1v) is 10.3. The van der Waals surface area contributed by atoms with Crippen LogP contribution in [-0.4, -0.2) is 46.7 Å². The van der Waals surface area contributed by atoms with Gasteiger partial charge in [0.1, 0.15) is 5.84 Å². The number of carboxylic acid groups (broad SMARTS) is 1. The van der Waals surface area contributed by atoms with Crippen LogP contribution in [0.1, 0.15) is 30.9 Å². The number of benzene rings is 2. The van der Waals surface area contributed by atoms with E-state index >= 15 is 0 Å². The van der Waals surface area contributed by atoms with Crippen LogP contribution in [0, 0.1) is 0 Å². The first kappa shape index (κ1) is 22.7. The van der Waals surface area contributed by atoms with Crippen LogP contribution < -0.4 is 11.5 Å². The molecule has 8 nitrogen and oxygen atoms in total. The Morgan fingerprint density at radius 2 is 1.78 bits per heavy atom. The van der Waals surface area contributed by atoms with E-state index in [4.69, 9.17) is 16.6 Å². The number of carboxylic acids is 1. The number of rotatable bonds is 8. The third-order valence-corrected chi connectivity index (χ3v) is 5.04. The van der Waals surface area contributed by atoms with Crippen molar-refractivity contribution in [2.75, 3.05) is 13.1 Å². The lowest BCUT2D eigenvalue weighted by Gasteiger charge is -2.21. The molecule has 5 N–H and O–H groups in total. The number of amidine groups is 1. The van der Waals surface area contributed by atoms with E-state index in [9.17, 15) is 14.4 Å². The van der Waals surface area contributed by atoms with Gasteiger partial charge in [-0.05, 0) is 35.3 Å². The number of fused-ring (bicyclic) bond motifs is 1. The SMILES string of the molecule is CCCN(CC(N)=O)C(=O)C1=Cc2ccc(-c3ccc(CC(=O)O)cc3)cc2N=C(N)C1. The number of nitrogens with two attached hydrogens (primary N) is 2. The number of hydrogen-bond acceptors (Lipinski definition) is 5. The van der Waals surface area contributed by atoms with Crippen LogP contribution in [0.15, 0.2) is 53.0 Å². The Balaban J connectivity index is 1.92. The number of aliphatic carboxylic acids is 1. The maximum absolute atomic E-state index is 13.0. The number of nitrogens with zero attached hydrogens (tertiary/aromatic N) is 2. The van der Waals surface area contributed by atoms with E-state index in [2.05, 4.69) is 4.99 Å². The van der Waals surface area contributed by atoms with Gasteiger partial charge in [0.05, 0.1) is 18.7 Å². The molecule has 3 rings (SSSR count). The molecule has 0 radical (unpaired) electrons. The van der Waals surface area contributed by atoms with Gasteiger partial charge in [-0.15, -0.1) is 0 Å². The van der Waals surface area contributed by atoms with Crippen molar-refractivity contribution in [2.45, 2.75) is 26.2 Å². The van der Waals surface area contributed by atoms with Crippen molar-refractivity contribution in [3.05, 3.63) is 59.2 Å². The third-order valence-electron chi connectivity index (χ3n) is 5.04. The van der Waals surface area contributed by atoms with Gasteiger partial charge in [0.2, 0.25) is 5.91 Å². The van der Waals surface area contributed by atoms with E-state index in [0.717, 1.165) is 22.3 Å². The Morgan fingerprint density at radius 3 is 2.41 bits per heavy atom. The maximum Gasteiger partial charge on any atom is 0.307 e. The molecular weight excluding hydrogens is 408 g/mol. The summed E-state index contributed by atoms with van der Waals surface area (Å²) >= 11 is 0. The molecule has 0 aromatic heterocycles. The van der Waals surface area contributed by atoms with E-state index in [1.165, 1.54) is 4.90 Å². The zero-order valence-corrected chi connectivity index (χ0v) is 17.9. The van der Waals surface area contributed by atoms with Crippen LogP contribution >= 0.6 is 0 Å². The fourth-order valence-electron chi connectivity index (χ4n) is 3.61. The number of amides is 2. The van der Waals surface area contributed by atoms with E-state index < -0.39 is 11.9 Å². The largest absolute Gasteiger partial charge is 0.481 e. The van der Waals surface area contributed by atoms with Crippen molar-refractivity contribution in [3.63, 3.8) is 0 Å². The number of aliphatic imine (C=N–C) groups is 1. The lowest BCUT2D eigenvalue weighted by atomic mass is 9.99. The summed E-state index contributed by atoms with van der Waals surface area (Å²) in [6.07, 6.45) is 2.59. The molecule has 0 unspecified atom stereocenters. The average Bonchev–Trinajstić information content (AvgIpc) is 2.90.